The van der Waals surface area contributed by atoms with Crippen LogP contribution in [0, 0.1) is 0 Å². The maximum Gasteiger partial charge on any atom is 0.109 e. The summed E-state index contributed by atoms with van der Waals surface area (Å²) in [4.78, 5) is 7.82. The predicted octanol–water partition coefficient (Wildman–Crippen LogP) is 3.46. The summed E-state index contributed by atoms with van der Waals surface area (Å²) in [7, 11) is 0. The number of nitrogens with zero attached hydrogens (tertiary/aromatic N) is 1. The average molecular weight is 272 g/mol. The Bertz CT molecular complexity index is 655. The van der Waals surface area contributed by atoms with Crippen molar-refractivity contribution in [3.8, 4) is 0 Å². The third-order valence-corrected chi connectivity index (χ3v) is 3.40. The number of H-pyrrole nitrogens is 1. The third-order valence-electron chi connectivity index (χ3n) is 3.15. The van der Waals surface area contributed by atoms with Gasteiger partial charge in [-0.25, -0.2) is 4.98 Å². The van der Waals surface area contributed by atoms with Crippen LogP contribution in [0.15, 0.2) is 48.5 Å². The highest BCUT2D eigenvalue weighted by atomic mass is 35.5. The predicted molar refractivity (Wildman–Crippen MR) is 78.2 cm³/mol. The Morgan fingerprint density at radius 1 is 1.11 bits per heavy atom. The number of para-hydroxylation sites is 2. The van der Waals surface area contributed by atoms with Crippen molar-refractivity contribution < 1.29 is 0 Å². The first kappa shape index (κ1) is 12.2. The van der Waals surface area contributed by atoms with E-state index in [2.05, 4.69) is 9.97 Å². The number of aromatic nitrogens is 2. The highest BCUT2D eigenvalue weighted by molar-refractivity contribution is 6.30. The summed E-state index contributed by atoms with van der Waals surface area (Å²) in [6.45, 7) is 0. The van der Waals surface area contributed by atoms with Crippen LogP contribution in [-0.4, -0.2) is 9.97 Å². The van der Waals surface area contributed by atoms with Crippen molar-refractivity contribution in [3.05, 3.63) is 64.9 Å². The van der Waals surface area contributed by atoms with E-state index in [0.29, 0.717) is 6.42 Å². The quantitative estimate of drug-likeness (QED) is 0.766. The van der Waals surface area contributed by atoms with Crippen molar-refractivity contribution in [2.45, 2.75) is 12.5 Å². The Balaban J connectivity index is 1.82. The fourth-order valence-electron chi connectivity index (χ4n) is 2.14. The van der Waals surface area contributed by atoms with E-state index in [9.17, 15) is 0 Å². The number of rotatable bonds is 3. The molecule has 19 heavy (non-hydrogen) atoms. The van der Waals surface area contributed by atoms with Gasteiger partial charge in [-0.1, -0.05) is 35.9 Å². The minimum Gasteiger partial charge on any atom is -0.342 e. The first-order chi connectivity index (χ1) is 9.22. The zero-order valence-corrected chi connectivity index (χ0v) is 11.1. The van der Waals surface area contributed by atoms with Crippen molar-refractivity contribution in [2.24, 2.45) is 5.73 Å². The number of hydrogen-bond acceptors (Lipinski definition) is 2. The number of nitrogens with one attached hydrogen (secondary N) is 1. The molecule has 0 radical (unpaired) electrons. The Labute approximate surface area is 116 Å². The molecular weight excluding hydrogens is 258 g/mol. The number of imidazole rings is 1. The van der Waals surface area contributed by atoms with E-state index in [1.165, 1.54) is 0 Å². The standard InChI is InChI=1S/C15H14ClN3/c16-11-7-5-10(6-8-11)12(17)9-15-18-13-3-1-2-4-14(13)19-15/h1-8,12H,9,17H2,(H,18,19)/t12-/m1/s1. The minimum atomic E-state index is -0.0853. The van der Waals surface area contributed by atoms with E-state index in [4.69, 9.17) is 17.3 Å². The van der Waals surface area contributed by atoms with E-state index in [1.807, 2.05) is 48.5 Å². The van der Waals surface area contributed by atoms with Gasteiger partial charge < -0.3 is 10.7 Å². The second kappa shape index (κ2) is 5.03. The van der Waals surface area contributed by atoms with Crippen molar-refractivity contribution in [2.75, 3.05) is 0 Å². The van der Waals surface area contributed by atoms with Crippen LogP contribution in [-0.2, 0) is 6.42 Å². The highest BCUT2D eigenvalue weighted by Gasteiger charge is 2.10. The summed E-state index contributed by atoms with van der Waals surface area (Å²) >= 11 is 5.87. The van der Waals surface area contributed by atoms with Gasteiger partial charge in [-0.15, -0.1) is 0 Å². The lowest BCUT2D eigenvalue weighted by Gasteiger charge is -2.10. The van der Waals surface area contributed by atoms with Gasteiger partial charge in [0.15, 0.2) is 0 Å². The third kappa shape index (κ3) is 2.62. The van der Waals surface area contributed by atoms with Gasteiger partial charge in [-0.2, -0.15) is 0 Å². The van der Waals surface area contributed by atoms with Crippen LogP contribution in [0.3, 0.4) is 0 Å². The van der Waals surface area contributed by atoms with Crippen LogP contribution in [0.2, 0.25) is 5.02 Å². The van der Waals surface area contributed by atoms with E-state index in [1.54, 1.807) is 0 Å². The fourth-order valence-corrected chi connectivity index (χ4v) is 2.26. The molecule has 0 fully saturated rings. The summed E-state index contributed by atoms with van der Waals surface area (Å²) in [6.07, 6.45) is 0.677. The van der Waals surface area contributed by atoms with Gasteiger partial charge in [0.2, 0.25) is 0 Å². The van der Waals surface area contributed by atoms with Gasteiger partial charge in [0.1, 0.15) is 5.82 Å². The summed E-state index contributed by atoms with van der Waals surface area (Å²) in [5.41, 5.74) is 9.27. The summed E-state index contributed by atoms with van der Waals surface area (Å²) < 4.78 is 0. The van der Waals surface area contributed by atoms with Crippen molar-refractivity contribution in [1.29, 1.82) is 0 Å². The van der Waals surface area contributed by atoms with Gasteiger partial charge in [0, 0.05) is 17.5 Å². The van der Waals surface area contributed by atoms with Crippen LogP contribution in [0.4, 0.5) is 0 Å². The molecular formula is C15H14ClN3. The van der Waals surface area contributed by atoms with Crippen LogP contribution >= 0.6 is 11.6 Å². The molecule has 3 aromatic rings. The Morgan fingerprint density at radius 3 is 2.58 bits per heavy atom. The molecule has 0 saturated carbocycles. The van der Waals surface area contributed by atoms with Crippen LogP contribution in [0.5, 0.6) is 0 Å². The first-order valence-electron chi connectivity index (χ1n) is 6.17. The molecule has 0 aliphatic heterocycles. The second-order valence-corrected chi connectivity index (χ2v) is 5.00. The molecule has 0 aliphatic carbocycles. The first-order valence-corrected chi connectivity index (χ1v) is 6.55. The highest BCUT2D eigenvalue weighted by Crippen LogP contribution is 2.19. The maximum atomic E-state index is 6.20. The Hall–Kier alpha value is -1.84. The number of aromatic amines is 1. The summed E-state index contributed by atoms with van der Waals surface area (Å²) in [5, 5.41) is 0.722. The number of benzene rings is 2. The van der Waals surface area contributed by atoms with Gasteiger partial charge in [0.25, 0.3) is 0 Å². The van der Waals surface area contributed by atoms with Crippen molar-refractivity contribution >= 4 is 22.6 Å². The molecule has 0 aliphatic rings. The normalized spacial score (nSPS) is 12.7. The summed E-state index contributed by atoms with van der Waals surface area (Å²) in [5.74, 6) is 0.906. The molecule has 0 unspecified atom stereocenters. The molecule has 2 aromatic carbocycles. The number of halogens is 1. The molecule has 3 N–H and O–H groups in total. The largest absolute Gasteiger partial charge is 0.342 e. The zero-order valence-electron chi connectivity index (χ0n) is 10.3. The lowest BCUT2D eigenvalue weighted by atomic mass is 10.0. The Kier molecular flexibility index (Phi) is 3.23. The smallest absolute Gasteiger partial charge is 0.109 e. The number of hydrogen-bond donors (Lipinski definition) is 2. The molecule has 0 saturated heterocycles. The zero-order chi connectivity index (χ0) is 13.2. The average Bonchev–Trinajstić information content (AvgIpc) is 2.81. The summed E-state index contributed by atoms with van der Waals surface area (Å²) in [6, 6.07) is 15.5. The van der Waals surface area contributed by atoms with Gasteiger partial charge in [0.05, 0.1) is 11.0 Å². The Morgan fingerprint density at radius 2 is 1.84 bits per heavy atom. The van der Waals surface area contributed by atoms with Crippen molar-refractivity contribution in [1.82, 2.24) is 9.97 Å². The molecule has 3 rings (SSSR count). The fraction of sp³-hybridized carbons (Fsp3) is 0.133. The second-order valence-electron chi connectivity index (χ2n) is 4.56. The van der Waals surface area contributed by atoms with E-state index < -0.39 is 0 Å². The van der Waals surface area contributed by atoms with E-state index in [0.717, 1.165) is 27.4 Å². The van der Waals surface area contributed by atoms with Gasteiger partial charge >= 0.3 is 0 Å². The van der Waals surface area contributed by atoms with E-state index >= 15 is 0 Å². The maximum absolute atomic E-state index is 6.20. The molecule has 4 heteroatoms. The molecule has 96 valence electrons. The number of fused-ring (bicyclic) bond motifs is 1. The number of nitrogens with two attached hydrogens (primary N) is 1. The van der Waals surface area contributed by atoms with Crippen LogP contribution < -0.4 is 5.73 Å². The van der Waals surface area contributed by atoms with Crippen LogP contribution in [0.25, 0.3) is 11.0 Å². The minimum absolute atomic E-state index is 0.0853. The molecule has 0 amide bonds. The van der Waals surface area contributed by atoms with Gasteiger partial charge in [-0.05, 0) is 29.8 Å². The molecule has 3 nitrogen and oxygen atoms in total. The molecule has 0 bridgehead atoms. The van der Waals surface area contributed by atoms with Gasteiger partial charge in [-0.3, -0.25) is 0 Å². The molecule has 1 atom stereocenters. The lowest BCUT2D eigenvalue weighted by molar-refractivity contribution is 0.696. The topological polar surface area (TPSA) is 54.7 Å². The monoisotopic (exact) mass is 271 g/mol. The van der Waals surface area contributed by atoms with Crippen LogP contribution in [0.1, 0.15) is 17.4 Å². The SMILES string of the molecule is N[C@H](Cc1nc2ccccc2[nH]1)c1ccc(Cl)cc1. The van der Waals surface area contributed by atoms with E-state index in [-0.39, 0.29) is 6.04 Å². The lowest BCUT2D eigenvalue weighted by Crippen LogP contribution is -2.13. The molecule has 0 spiro atoms. The molecule has 1 aromatic heterocycles. The molecule has 1 heterocycles. The van der Waals surface area contributed by atoms with Crippen molar-refractivity contribution in [3.63, 3.8) is 0 Å².